The van der Waals surface area contributed by atoms with Gasteiger partial charge in [0.25, 0.3) is 5.91 Å². The number of hydrogen-bond donors (Lipinski definition) is 1. The second kappa shape index (κ2) is 7.60. The van der Waals surface area contributed by atoms with E-state index in [1.54, 1.807) is 6.21 Å². The van der Waals surface area contributed by atoms with Gasteiger partial charge in [-0.2, -0.15) is 5.10 Å². The zero-order chi connectivity index (χ0) is 21.5. The normalized spacial score (nSPS) is 17.9. The van der Waals surface area contributed by atoms with Gasteiger partial charge in [-0.15, -0.1) is 0 Å². The fourth-order valence-electron chi connectivity index (χ4n) is 4.52. The van der Waals surface area contributed by atoms with Crippen LogP contribution in [0.4, 0.5) is 5.69 Å². The van der Waals surface area contributed by atoms with E-state index in [9.17, 15) is 4.79 Å². The summed E-state index contributed by atoms with van der Waals surface area (Å²) in [5, 5.41) is 6.24. The van der Waals surface area contributed by atoms with Crippen molar-refractivity contribution in [3.63, 3.8) is 0 Å². The lowest BCUT2D eigenvalue weighted by Gasteiger charge is -2.45. The van der Waals surface area contributed by atoms with Crippen molar-refractivity contribution in [3.05, 3.63) is 76.9 Å². The molecule has 0 fully saturated rings. The highest BCUT2D eigenvalue weighted by atomic mass is 16.2. The standard InChI is InChI=1S/C26H29N3O/c1-17-13-24-23(18(2)15-26(3,4)29(24)5)14-20(17)16-27-28-25(30)22-12-8-10-19-9-6-7-11-21(19)22/h6-14,16,18H,15H2,1-5H3,(H,28,30)/b27-16-. The van der Waals surface area contributed by atoms with Gasteiger partial charge in [0.05, 0.1) is 6.21 Å². The number of anilines is 1. The van der Waals surface area contributed by atoms with Crippen molar-refractivity contribution in [2.75, 3.05) is 11.9 Å². The second-order valence-corrected chi connectivity index (χ2v) is 8.97. The van der Waals surface area contributed by atoms with E-state index in [-0.39, 0.29) is 11.4 Å². The molecule has 1 aliphatic heterocycles. The van der Waals surface area contributed by atoms with Crippen LogP contribution in [0.25, 0.3) is 10.8 Å². The highest BCUT2D eigenvalue weighted by molar-refractivity contribution is 6.07. The van der Waals surface area contributed by atoms with Gasteiger partial charge in [0, 0.05) is 23.8 Å². The summed E-state index contributed by atoms with van der Waals surface area (Å²) >= 11 is 0. The van der Waals surface area contributed by atoms with Gasteiger partial charge in [-0.3, -0.25) is 4.79 Å². The third kappa shape index (κ3) is 3.58. The zero-order valence-corrected chi connectivity index (χ0v) is 18.4. The van der Waals surface area contributed by atoms with Crippen molar-refractivity contribution >= 4 is 28.6 Å². The summed E-state index contributed by atoms with van der Waals surface area (Å²) in [6.07, 6.45) is 2.86. The summed E-state index contributed by atoms with van der Waals surface area (Å²) in [6.45, 7) is 8.96. The van der Waals surface area contributed by atoms with Crippen molar-refractivity contribution in [2.24, 2.45) is 5.10 Å². The fraction of sp³-hybridized carbons (Fsp3) is 0.308. The molecule has 1 heterocycles. The van der Waals surface area contributed by atoms with Gasteiger partial charge in [0.15, 0.2) is 0 Å². The van der Waals surface area contributed by atoms with E-state index < -0.39 is 0 Å². The number of hydrazone groups is 1. The van der Waals surface area contributed by atoms with Crippen molar-refractivity contribution in [3.8, 4) is 0 Å². The fourth-order valence-corrected chi connectivity index (χ4v) is 4.52. The van der Waals surface area contributed by atoms with Gasteiger partial charge in [0.2, 0.25) is 0 Å². The maximum atomic E-state index is 12.7. The maximum absolute atomic E-state index is 12.7. The van der Waals surface area contributed by atoms with Crippen LogP contribution in [0.2, 0.25) is 0 Å². The first-order valence-electron chi connectivity index (χ1n) is 10.5. The number of amides is 1. The molecule has 4 nitrogen and oxygen atoms in total. The second-order valence-electron chi connectivity index (χ2n) is 8.97. The SMILES string of the molecule is Cc1cc2c(cc1/C=N\NC(=O)c1cccc3ccccc13)C(C)CC(C)(C)N2C. The summed E-state index contributed by atoms with van der Waals surface area (Å²) in [6, 6.07) is 18.1. The summed E-state index contributed by atoms with van der Waals surface area (Å²) in [5.74, 6) is 0.276. The van der Waals surface area contributed by atoms with Crippen LogP contribution in [0.3, 0.4) is 0 Å². The van der Waals surface area contributed by atoms with Crippen LogP contribution in [0.15, 0.2) is 59.7 Å². The molecule has 1 N–H and O–H groups in total. The third-order valence-electron chi connectivity index (χ3n) is 6.43. The number of hydrogen-bond acceptors (Lipinski definition) is 3. The largest absolute Gasteiger partial charge is 0.369 e. The van der Waals surface area contributed by atoms with Crippen LogP contribution in [0, 0.1) is 6.92 Å². The third-order valence-corrected chi connectivity index (χ3v) is 6.43. The van der Waals surface area contributed by atoms with Gasteiger partial charge < -0.3 is 4.90 Å². The van der Waals surface area contributed by atoms with Crippen molar-refractivity contribution < 1.29 is 4.79 Å². The Balaban J connectivity index is 1.58. The Kier molecular flexibility index (Phi) is 5.10. The predicted molar refractivity (Wildman–Crippen MR) is 126 cm³/mol. The quantitative estimate of drug-likeness (QED) is 0.458. The van der Waals surface area contributed by atoms with E-state index in [1.807, 2.05) is 42.5 Å². The number of rotatable bonds is 3. The van der Waals surface area contributed by atoms with Crippen LogP contribution in [0.1, 0.15) is 60.2 Å². The number of carbonyl (C=O) groups is 1. The predicted octanol–water partition coefficient (Wildman–Crippen LogP) is 5.63. The number of nitrogens with one attached hydrogen (secondary N) is 1. The van der Waals surface area contributed by atoms with E-state index >= 15 is 0 Å². The Bertz CT molecular complexity index is 1140. The van der Waals surface area contributed by atoms with Crippen LogP contribution in [-0.4, -0.2) is 24.7 Å². The Morgan fingerprint density at radius 2 is 1.90 bits per heavy atom. The van der Waals surface area contributed by atoms with E-state index in [2.05, 4.69) is 62.3 Å². The zero-order valence-electron chi connectivity index (χ0n) is 18.4. The summed E-state index contributed by atoms with van der Waals surface area (Å²) in [5.41, 5.74) is 8.27. The molecule has 4 rings (SSSR count). The summed E-state index contributed by atoms with van der Waals surface area (Å²) in [7, 11) is 2.17. The number of carbonyl (C=O) groups excluding carboxylic acids is 1. The molecule has 1 atom stereocenters. The van der Waals surface area contributed by atoms with Gasteiger partial charge >= 0.3 is 0 Å². The molecule has 4 heteroatoms. The first-order valence-corrected chi connectivity index (χ1v) is 10.5. The average Bonchev–Trinajstić information content (AvgIpc) is 2.72. The molecule has 0 aliphatic carbocycles. The smallest absolute Gasteiger partial charge is 0.271 e. The molecule has 30 heavy (non-hydrogen) atoms. The minimum Gasteiger partial charge on any atom is -0.369 e. The van der Waals surface area contributed by atoms with Crippen molar-refractivity contribution in [1.29, 1.82) is 0 Å². The van der Waals surface area contributed by atoms with Gasteiger partial charge in [-0.25, -0.2) is 5.43 Å². The van der Waals surface area contributed by atoms with Crippen LogP contribution >= 0.6 is 0 Å². The Morgan fingerprint density at radius 3 is 2.70 bits per heavy atom. The van der Waals surface area contributed by atoms with Crippen molar-refractivity contribution in [2.45, 2.75) is 45.6 Å². The van der Waals surface area contributed by atoms with Gasteiger partial charge in [-0.05, 0) is 78.8 Å². The van der Waals surface area contributed by atoms with Crippen LogP contribution < -0.4 is 10.3 Å². The first-order chi connectivity index (χ1) is 14.3. The molecule has 0 aromatic heterocycles. The minimum absolute atomic E-state index is 0.140. The molecule has 0 spiro atoms. The van der Waals surface area contributed by atoms with Gasteiger partial charge in [0.1, 0.15) is 0 Å². The highest BCUT2D eigenvalue weighted by Crippen LogP contribution is 2.43. The first kappa shape index (κ1) is 20.1. The average molecular weight is 400 g/mol. The van der Waals surface area contributed by atoms with Crippen LogP contribution in [-0.2, 0) is 0 Å². The molecule has 0 saturated heterocycles. The number of aryl methyl sites for hydroxylation is 1. The summed E-state index contributed by atoms with van der Waals surface area (Å²) in [4.78, 5) is 15.1. The van der Waals surface area contributed by atoms with Crippen molar-refractivity contribution in [1.82, 2.24) is 5.43 Å². The lowest BCUT2D eigenvalue weighted by atomic mass is 9.79. The molecule has 1 aliphatic rings. The molecular weight excluding hydrogens is 370 g/mol. The molecule has 0 saturated carbocycles. The number of fused-ring (bicyclic) bond motifs is 2. The lowest BCUT2D eigenvalue weighted by Crippen LogP contribution is -2.45. The molecular formula is C26H29N3O. The maximum Gasteiger partial charge on any atom is 0.271 e. The van der Waals surface area contributed by atoms with E-state index in [4.69, 9.17) is 0 Å². The Hall–Kier alpha value is -3.14. The van der Waals surface area contributed by atoms with Crippen LogP contribution in [0.5, 0.6) is 0 Å². The highest BCUT2D eigenvalue weighted by Gasteiger charge is 2.34. The number of nitrogens with zero attached hydrogens (tertiary/aromatic N) is 2. The lowest BCUT2D eigenvalue weighted by molar-refractivity contribution is 0.0957. The summed E-state index contributed by atoms with van der Waals surface area (Å²) < 4.78 is 0. The van der Waals surface area contributed by atoms with E-state index in [0.717, 1.165) is 28.3 Å². The molecule has 3 aromatic carbocycles. The topological polar surface area (TPSA) is 44.7 Å². The van der Waals surface area contributed by atoms with Gasteiger partial charge in [-0.1, -0.05) is 43.3 Å². The molecule has 0 bridgehead atoms. The Morgan fingerprint density at radius 1 is 1.17 bits per heavy atom. The molecule has 1 unspecified atom stereocenters. The monoisotopic (exact) mass is 399 g/mol. The molecule has 154 valence electrons. The van der Waals surface area contributed by atoms with E-state index in [1.165, 1.54) is 11.3 Å². The minimum atomic E-state index is -0.200. The molecule has 0 radical (unpaired) electrons. The molecule has 1 amide bonds. The molecule has 3 aromatic rings. The number of benzene rings is 3. The Labute approximate surface area is 178 Å². The van der Waals surface area contributed by atoms with E-state index in [0.29, 0.717) is 11.5 Å².